The van der Waals surface area contributed by atoms with Gasteiger partial charge < -0.3 is 4.90 Å². The van der Waals surface area contributed by atoms with Crippen LogP contribution in [0.1, 0.15) is 71.3 Å². The molecular weight excluding hydrogens is 290 g/mol. The molecule has 1 aliphatic rings. The van der Waals surface area contributed by atoms with Gasteiger partial charge in [0.05, 0.1) is 0 Å². The minimum Gasteiger partial charge on any atom is -0.371 e. The molecule has 2 rings (SSSR count). The van der Waals surface area contributed by atoms with E-state index in [2.05, 4.69) is 69.1 Å². The fourth-order valence-corrected chi connectivity index (χ4v) is 4.22. The number of nitrogens with zero attached hydrogens (tertiary/aromatic N) is 1. The predicted molar refractivity (Wildman–Crippen MR) is 108 cm³/mol. The lowest BCUT2D eigenvalue weighted by Crippen LogP contribution is -2.36. The lowest BCUT2D eigenvalue weighted by atomic mass is 9.86. The Kier molecular flexibility index (Phi) is 7.88. The number of benzene rings is 1. The second kappa shape index (κ2) is 9.91. The topological polar surface area (TPSA) is 3.24 Å². The number of hydrogen-bond donors (Lipinski definition) is 0. The van der Waals surface area contributed by atoms with Crippen LogP contribution in [0.4, 0.5) is 5.69 Å². The molecule has 1 aliphatic carbocycles. The Balaban J connectivity index is 1.91. The van der Waals surface area contributed by atoms with E-state index in [1.165, 1.54) is 62.6 Å². The first-order valence-electron chi connectivity index (χ1n) is 10.0. The third kappa shape index (κ3) is 5.69. The van der Waals surface area contributed by atoms with Gasteiger partial charge in [-0.05, 0) is 62.5 Å². The lowest BCUT2D eigenvalue weighted by Gasteiger charge is -2.36. The zero-order valence-corrected chi connectivity index (χ0v) is 16.3. The first-order valence-corrected chi connectivity index (χ1v) is 10.0. The number of unbranched alkanes of at least 4 members (excludes halogenated alkanes) is 1. The van der Waals surface area contributed by atoms with Gasteiger partial charge >= 0.3 is 0 Å². The Morgan fingerprint density at radius 3 is 2.75 bits per heavy atom. The maximum atomic E-state index is 2.58. The molecule has 24 heavy (non-hydrogen) atoms. The van der Waals surface area contributed by atoms with E-state index in [4.69, 9.17) is 0 Å². The van der Waals surface area contributed by atoms with Crippen LogP contribution in [0.3, 0.4) is 0 Å². The Labute approximate surface area is 150 Å². The fourth-order valence-electron chi connectivity index (χ4n) is 4.22. The monoisotopic (exact) mass is 327 g/mol. The van der Waals surface area contributed by atoms with Crippen LogP contribution in [0, 0.1) is 11.8 Å². The molecule has 3 atom stereocenters. The van der Waals surface area contributed by atoms with E-state index in [0.29, 0.717) is 0 Å². The number of anilines is 1. The smallest absolute Gasteiger partial charge is 0.0398 e. The van der Waals surface area contributed by atoms with Crippen molar-refractivity contribution in [3.05, 3.63) is 42.0 Å². The van der Waals surface area contributed by atoms with Gasteiger partial charge in [0.1, 0.15) is 0 Å². The van der Waals surface area contributed by atoms with Crippen LogP contribution in [0.5, 0.6) is 0 Å². The first-order chi connectivity index (χ1) is 11.6. The Morgan fingerprint density at radius 2 is 2.00 bits per heavy atom. The van der Waals surface area contributed by atoms with E-state index in [-0.39, 0.29) is 0 Å². The summed E-state index contributed by atoms with van der Waals surface area (Å²) in [5.74, 6) is 1.60. The van der Waals surface area contributed by atoms with Crippen molar-refractivity contribution < 1.29 is 0 Å². The molecule has 0 radical (unpaired) electrons. The predicted octanol–water partition coefficient (Wildman–Crippen LogP) is 6.63. The van der Waals surface area contributed by atoms with Gasteiger partial charge in [0.2, 0.25) is 0 Å². The van der Waals surface area contributed by atoms with E-state index in [9.17, 15) is 0 Å². The summed E-state index contributed by atoms with van der Waals surface area (Å²) in [6, 6.07) is 9.81. The van der Waals surface area contributed by atoms with Gasteiger partial charge in [-0.15, -0.1) is 0 Å². The molecule has 0 aromatic heterocycles. The molecule has 0 aliphatic heterocycles. The van der Waals surface area contributed by atoms with Crippen molar-refractivity contribution in [3.63, 3.8) is 0 Å². The highest BCUT2D eigenvalue weighted by Crippen LogP contribution is 2.31. The van der Waals surface area contributed by atoms with Crippen LogP contribution in [0.15, 0.2) is 36.4 Å². The molecule has 0 saturated heterocycles. The Bertz CT molecular complexity index is 505. The molecule has 0 N–H and O–H groups in total. The number of hydrogen-bond acceptors (Lipinski definition) is 1. The molecule has 1 aromatic carbocycles. The molecule has 134 valence electrons. The summed E-state index contributed by atoms with van der Waals surface area (Å²) in [5, 5.41) is 0. The van der Waals surface area contributed by atoms with Gasteiger partial charge in [-0.25, -0.2) is 0 Å². The molecule has 1 saturated carbocycles. The second-order valence-corrected chi connectivity index (χ2v) is 7.91. The zero-order chi connectivity index (χ0) is 17.4. The number of para-hydroxylation sites is 1. The van der Waals surface area contributed by atoms with Crippen LogP contribution >= 0.6 is 0 Å². The quantitative estimate of drug-likeness (QED) is 0.383. The number of rotatable bonds is 8. The third-order valence-electron chi connectivity index (χ3n) is 5.70. The van der Waals surface area contributed by atoms with E-state index < -0.39 is 0 Å². The van der Waals surface area contributed by atoms with Gasteiger partial charge in [-0.3, -0.25) is 0 Å². The zero-order valence-electron chi connectivity index (χ0n) is 16.3. The highest BCUT2D eigenvalue weighted by Gasteiger charge is 2.23. The van der Waals surface area contributed by atoms with Gasteiger partial charge in [-0.1, -0.05) is 63.5 Å². The normalized spacial score (nSPS) is 22.7. The number of allylic oxidation sites excluding steroid dienone is 2. The van der Waals surface area contributed by atoms with Crippen molar-refractivity contribution in [2.45, 2.75) is 78.2 Å². The van der Waals surface area contributed by atoms with Gasteiger partial charge in [0.25, 0.3) is 0 Å². The van der Waals surface area contributed by atoms with E-state index in [0.717, 1.165) is 17.9 Å². The molecule has 0 spiro atoms. The van der Waals surface area contributed by atoms with Crippen LogP contribution in [-0.2, 0) is 6.42 Å². The average Bonchev–Trinajstić information content (AvgIpc) is 2.59. The molecule has 1 heteroatoms. The average molecular weight is 328 g/mol. The van der Waals surface area contributed by atoms with E-state index >= 15 is 0 Å². The van der Waals surface area contributed by atoms with Gasteiger partial charge in [0.15, 0.2) is 0 Å². The molecule has 0 bridgehead atoms. The minimum absolute atomic E-state index is 0.719. The van der Waals surface area contributed by atoms with Crippen molar-refractivity contribution in [2.75, 3.05) is 11.9 Å². The molecular formula is C23H37N. The fraction of sp³-hybridized carbons (Fsp3) is 0.652. The van der Waals surface area contributed by atoms with Crippen LogP contribution in [0.2, 0.25) is 0 Å². The maximum Gasteiger partial charge on any atom is 0.0398 e. The van der Waals surface area contributed by atoms with Crippen molar-refractivity contribution in [1.29, 1.82) is 0 Å². The molecule has 0 amide bonds. The summed E-state index contributed by atoms with van der Waals surface area (Å²) in [6.07, 6.45) is 15.2. The van der Waals surface area contributed by atoms with Gasteiger partial charge in [0, 0.05) is 18.8 Å². The minimum atomic E-state index is 0.719. The summed E-state index contributed by atoms with van der Waals surface area (Å²) >= 11 is 0. The highest BCUT2D eigenvalue weighted by atomic mass is 15.1. The Hall–Kier alpha value is -1.24. The van der Waals surface area contributed by atoms with E-state index in [1.54, 1.807) is 0 Å². The van der Waals surface area contributed by atoms with Crippen LogP contribution in [0.25, 0.3) is 0 Å². The molecule has 1 fully saturated rings. The largest absolute Gasteiger partial charge is 0.371 e. The summed E-state index contributed by atoms with van der Waals surface area (Å²) in [4.78, 5) is 2.58. The Morgan fingerprint density at radius 1 is 1.21 bits per heavy atom. The molecule has 0 heterocycles. The van der Waals surface area contributed by atoms with Gasteiger partial charge in [-0.2, -0.15) is 0 Å². The van der Waals surface area contributed by atoms with Crippen LogP contribution < -0.4 is 4.90 Å². The molecule has 1 nitrogen and oxygen atoms in total. The summed E-state index contributed by atoms with van der Waals surface area (Å²) < 4.78 is 0. The summed E-state index contributed by atoms with van der Waals surface area (Å²) in [7, 11) is 2.32. The summed E-state index contributed by atoms with van der Waals surface area (Å²) in [5.41, 5.74) is 3.01. The molecule has 1 aromatic rings. The highest BCUT2D eigenvalue weighted by molar-refractivity contribution is 5.54. The van der Waals surface area contributed by atoms with Crippen LogP contribution in [-0.4, -0.2) is 13.1 Å². The van der Waals surface area contributed by atoms with Crippen molar-refractivity contribution >= 4 is 5.69 Å². The van der Waals surface area contributed by atoms with Crippen molar-refractivity contribution in [2.24, 2.45) is 11.8 Å². The SMILES string of the molecule is C/C=C\C(C)CCCCc1ccccc1N(C)C1CCCC(C)C1. The number of aryl methyl sites for hydroxylation is 1. The second-order valence-electron chi connectivity index (χ2n) is 7.91. The third-order valence-corrected chi connectivity index (χ3v) is 5.70. The summed E-state index contributed by atoms with van der Waals surface area (Å²) in [6.45, 7) is 6.86. The van der Waals surface area contributed by atoms with Crippen molar-refractivity contribution in [3.8, 4) is 0 Å². The van der Waals surface area contributed by atoms with Crippen molar-refractivity contribution in [1.82, 2.24) is 0 Å². The standard InChI is InChI=1S/C23H37N/c1-5-11-19(2)12-6-7-14-21-15-8-9-17-23(21)24(4)22-16-10-13-20(3)18-22/h5,8-9,11,15,17,19-20,22H,6-7,10,12-14,16,18H2,1-4H3/b11-5-. The maximum absolute atomic E-state index is 2.58. The first kappa shape index (κ1) is 19.1. The molecule has 3 unspecified atom stereocenters. The lowest BCUT2D eigenvalue weighted by molar-refractivity contribution is 0.336. The van der Waals surface area contributed by atoms with E-state index in [1.807, 2.05) is 0 Å².